The predicted octanol–water partition coefficient (Wildman–Crippen LogP) is 3.90. The highest BCUT2D eigenvalue weighted by Gasteiger charge is 2.11. The molecule has 7 heteroatoms. The monoisotopic (exact) mass is 445 g/mol. The Morgan fingerprint density at radius 3 is 2.54 bits per heavy atom. The van der Waals surface area contributed by atoms with Crippen LogP contribution in [0.2, 0.25) is 0 Å². The molecule has 2 aromatic rings. The van der Waals surface area contributed by atoms with E-state index in [1.807, 2.05) is 56.3 Å². The molecule has 6 nitrogen and oxygen atoms in total. The van der Waals surface area contributed by atoms with Gasteiger partial charge in [-0.2, -0.15) is 5.10 Å². The summed E-state index contributed by atoms with van der Waals surface area (Å²) in [6, 6.07) is 15.2. The van der Waals surface area contributed by atoms with Crippen LogP contribution in [0.4, 0.5) is 0 Å². The Bertz CT molecular complexity index is 853. The standard InChI is InChI=1S/C21H24BrN3O3/c1-14-9-10-19(18(22)11-14)28-13-21(27)25-24-15(2)12-20(26)23-16(3)17-7-5-4-6-8-17/h4-11,16H,12-13H2,1-3H3,(H,23,26)(H,25,27)/b24-15+. The molecule has 0 heterocycles. The highest BCUT2D eigenvalue weighted by Crippen LogP contribution is 2.25. The summed E-state index contributed by atoms with van der Waals surface area (Å²) in [5.74, 6) is 0.0207. The molecule has 0 aliphatic carbocycles. The number of benzene rings is 2. The van der Waals surface area contributed by atoms with Crippen LogP contribution in [0.25, 0.3) is 0 Å². The quantitative estimate of drug-likeness (QED) is 0.477. The van der Waals surface area contributed by atoms with E-state index in [-0.39, 0.29) is 25.0 Å². The number of carbonyl (C=O) groups excluding carboxylic acids is 2. The number of aryl methyl sites for hydroxylation is 1. The van der Waals surface area contributed by atoms with Crippen molar-refractivity contribution in [2.45, 2.75) is 33.2 Å². The molecule has 148 valence electrons. The summed E-state index contributed by atoms with van der Waals surface area (Å²) in [5, 5.41) is 6.87. The molecular weight excluding hydrogens is 422 g/mol. The molecule has 2 N–H and O–H groups in total. The third-order valence-corrected chi connectivity index (χ3v) is 4.53. The molecule has 0 bridgehead atoms. The minimum atomic E-state index is -0.398. The van der Waals surface area contributed by atoms with Crippen LogP contribution in [0.15, 0.2) is 58.1 Å². The number of ether oxygens (including phenoxy) is 1. The maximum absolute atomic E-state index is 12.1. The molecule has 0 saturated carbocycles. The van der Waals surface area contributed by atoms with Crippen molar-refractivity contribution < 1.29 is 14.3 Å². The Morgan fingerprint density at radius 1 is 1.14 bits per heavy atom. The van der Waals surface area contributed by atoms with E-state index in [0.717, 1.165) is 15.6 Å². The van der Waals surface area contributed by atoms with Crippen LogP contribution in [0, 0.1) is 6.92 Å². The van der Waals surface area contributed by atoms with Crippen molar-refractivity contribution in [3.63, 3.8) is 0 Å². The van der Waals surface area contributed by atoms with Gasteiger partial charge in [0.05, 0.1) is 16.9 Å². The van der Waals surface area contributed by atoms with Crippen molar-refractivity contribution in [2.75, 3.05) is 6.61 Å². The molecule has 0 radical (unpaired) electrons. The molecule has 1 unspecified atom stereocenters. The first kappa shape index (κ1) is 21.6. The molecular formula is C21H24BrN3O3. The Morgan fingerprint density at radius 2 is 1.86 bits per heavy atom. The molecule has 28 heavy (non-hydrogen) atoms. The van der Waals surface area contributed by atoms with Gasteiger partial charge in [0, 0.05) is 5.71 Å². The van der Waals surface area contributed by atoms with E-state index in [4.69, 9.17) is 4.74 Å². The predicted molar refractivity (Wildman–Crippen MR) is 113 cm³/mol. The second-order valence-electron chi connectivity index (χ2n) is 6.48. The van der Waals surface area contributed by atoms with Crippen molar-refractivity contribution >= 4 is 33.5 Å². The van der Waals surface area contributed by atoms with Crippen LogP contribution in [0.5, 0.6) is 5.75 Å². The Labute approximate surface area is 173 Å². The summed E-state index contributed by atoms with van der Waals surface area (Å²) in [6.45, 7) is 5.40. The molecule has 2 rings (SSSR count). The van der Waals surface area contributed by atoms with E-state index >= 15 is 0 Å². The normalized spacial score (nSPS) is 12.2. The van der Waals surface area contributed by atoms with Crippen molar-refractivity contribution in [3.8, 4) is 5.75 Å². The van der Waals surface area contributed by atoms with E-state index < -0.39 is 5.91 Å². The van der Waals surface area contributed by atoms with Crippen LogP contribution < -0.4 is 15.5 Å². The van der Waals surface area contributed by atoms with Crippen molar-refractivity contribution in [3.05, 3.63) is 64.1 Å². The molecule has 2 amide bonds. The number of hydrazone groups is 1. The fourth-order valence-corrected chi connectivity index (χ4v) is 3.05. The highest BCUT2D eigenvalue weighted by molar-refractivity contribution is 9.10. The number of amides is 2. The Kier molecular flexibility index (Phi) is 8.19. The number of nitrogens with one attached hydrogen (secondary N) is 2. The first-order valence-corrected chi connectivity index (χ1v) is 9.69. The first-order valence-electron chi connectivity index (χ1n) is 8.90. The van der Waals surface area contributed by atoms with Gasteiger partial charge < -0.3 is 10.1 Å². The van der Waals surface area contributed by atoms with E-state index in [9.17, 15) is 9.59 Å². The van der Waals surface area contributed by atoms with Crippen LogP contribution in [-0.2, 0) is 9.59 Å². The van der Waals surface area contributed by atoms with E-state index in [1.165, 1.54) is 0 Å². The molecule has 0 aromatic heterocycles. The molecule has 0 spiro atoms. The van der Waals surface area contributed by atoms with E-state index in [1.54, 1.807) is 13.0 Å². The van der Waals surface area contributed by atoms with Gasteiger partial charge in [-0.3, -0.25) is 9.59 Å². The number of rotatable bonds is 8. The lowest BCUT2D eigenvalue weighted by molar-refractivity contribution is -0.123. The van der Waals surface area contributed by atoms with Crippen LogP contribution >= 0.6 is 15.9 Å². The highest BCUT2D eigenvalue weighted by atomic mass is 79.9. The fraction of sp³-hybridized carbons (Fsp3) is 0.286. The third-order valence-electron chi connectivity index (χ3n) is 3.91. The van der Waals surface area contributed by atoms with Gasteiger partial charge in [0.1, 0.15) is 5.75 Å². The Balaban J connectivity index is 1.76. The lowest BCUT2D eigenvalue weighted by Crippen LogP contribution is -2.29. The van der Waals surface area contributed by atoms with E-state index in [2.05, 4.69) is 31.8 Å². The number of halogens is 1. The third kappa shape index (κ3) is 7.15. The van der Waals surface area contributed by atoms with Gasteiger partial charge in [0.15, 0.2) is 6.61 Å². The number of nitrogens with zero attached hydrogens (tertiary/aromatic N) is 1. The molecule has 2 aromatic carbocycles. The van der Waals surface area contributed by atoms with Crippen LogP contribution in [0.3, 0.4) is 0 Å². The minimum absolute atomic E-state index is 0.0990. The van der Waals surface area contributed by atoms with Gasteiger partial charge in [0.2, 0.25) is 5.91 Å². The zero-order valence-corrected chi connectivity index (χ0v) is 17.7. The first-order chi connectivity index (χ1) is 13.3. The SMILES string of the molecule is C/C(CC(=O)NC(C)c1ccccc1)=N\NC(=O)COc1ccc(C)cc1Br. The van der Waals surface area contributed by atoms with Gasteiger partial charge in [-0.1, -0.05) is 36.4 Å². The largest absolute Gasteiger partial charge is 0.483 e. The molecule has 0 saturated heterocycles. The van der Waals surface area contributed by atoms with Crippen LogP contribution in [0.1, 0.15) is 37.4 Å². The summed E-state index contributed by atoms with van der Waals surface area (Å²) in [5.41, 5.74) is 5.02. The summed E-state index contributed by atoms with van der Waals surface area (Å²) in [6.07, 6.45) is 0.0990. The van der Waals surface area contributed by atoms with Gasteiger partial charge in [0.25, 0.3) is 5.91 Å². The topological polar surface area (TPSA) is 79.8 Å². The van der Waals surface area contributed by atoms with Gasteiger partial charge in [-0.05, 0) is 60.0 Å². The summed E-state index contributed by atoms with van der Waals surface area (Å²) in [7, 11) is 0. The molecule has 0 fully saturated rings. The van der Waals surface area contributed by atoms with Crippen molar-refractivity contribution in [1.29, 1.82) is 0 Å². The maximum Gasteiger partial charge on any atom is 0.277 e. The fourth-order valence-electron chi connectivity index (χ4n) is 2.45. The van der Waals surface area contributed by atoms with Gasteiger partial charge >= 0.3 is 0 Å². The zero-order chi connectivity index (χ0) is 20.5. The van der Waals surface area contributed by atoms with Gasteiger partial charge in [-0.25, -0.2) is 5.43 Å². The summed E-state index contributed by atoms with van der Waals surface area (Å²) >= 11 is 3.39. The smallest absolute Gasteiger partial charge is 0.277 e. The van der Waals surface area contributed by atoms with E-state index in [0.29, 0.717) is 11.5 Å². The van der Waals surface area contributed by atoms with Crippen molar-refractivity contribution in [2.24, 2.45) is 5.10 Å². The number of hydrogen-bond donors (Lipinski definition) is 2. The summed E-state index contributed by atoms with van der Waals surface area (Å²) < 4.78 is 6.24. The average molecular weight is 446 g/mol. The Hall–Kier alpha value is -2.67. The van der Waals surface area contributed by atoms with Crippen molar-refractivity contribution in [1.82, 2.24) is 10.7 Å². The number of carbonyl (C=O) groups is 2. The molecule has 0 aliphatic heterocycles. The maximum atomic E-state index is 12.1. The number of hydrogen-bond acceptors (Lipinski definition) is 4. The lowest BCUT2D eigenvalue weighted by Gasteiger charge is -2.14. The molecule has 1 atom stereocenters. The second-order valence-corrected chi connectivity index (χ2v) is 7.34. The van der Waals surface area contributed by atoms with Gasteiger partial charge in [-0.15, -0.1) is 0 Å². The lowest BCUT2D eigenvalue weighted by atomic mass is 10.1. The zero-order valence-electron chi connectivity index (χ0n) is 16.2. The average Bonchev–Trinajstić information content (AvgIpc) is 2.66. The summed E-state index contributed by atoms with van der Waals surface area (Å²) in [4.78, 5) is 24.0. The molecule has 0 aliphatic rings. The minimum Gasteiger partial charge on any atom is -0.483 e. The second kappa shape index (κ2) is 10.6. The van der Waals surface area contributed by atoms with Crippen LogP contribution in [-0.4, -0.2) is 24.1 Å².